The van der Waals surface area contributed by atoms with Crippen LogP contribution in [0, 0.1) is 16.7 Å². The zero-order valence-corrected chi connectivity index (χ0v) is 46.4. The number of rotatable bonds is 11. The van der Waals surface area contributed by atoms with E-state index in [1.807, 2.05) is 63.9 Å². The number of halogens is 3. The number of anilines is 1. The van der Waals surface area contributed by atoms with E-state index in [-0.39, 0.29) is 54.7 Å². The molecule has 78 heavy (non-hydrogen) atoms. The second-order valence-corrected chi connectivity index (χ2v) is 25.0. The largest absolute Gasteiger partial charge is 0.464 e. The van der Waals surface area contributed by atoms with Crippen LogP contribution < -0.4 is 21.0 Å². The normalized spacial score (nSPS) is 28.2. The summed E-state index contributed by atoms with van der Waals surface area (Å²) in [5, 5.41) is 8.52. The van der Waals surface area contributed by atoms with Crippen LogP contribution in [0.4, 0.5) is 18.9 Å². The van der Waals surface area contributed by atoms with Crippen molar-refractivity contribution >= 4 is 45.9 Å². The number of ether oxygens (including phenoxy) is 2. The number of benzene rings is 1. The lowest BCUT2D eigenvalue weighted by Crippen LogP contribution is -2.63. The maximum atomic E-state index is 15.2. The third-order valence-electron chi connectivity index (χ3n) is 18.0. The molecule has 2 unspecified atom stereocenters. The van der Waals surface area contributed by atoms with Crippen LogP contribution >= 0.6 is 0 Å². The topological polar surface area (TPSA) is 170 Å². The summed E-state index contributed by atoms with van der Waals surface area (Å²) in [6, 6.07) is 5.91. The molecule has 1 spiro atoms. The molecule has 2 aromatic heterocycles. The molecular formula is C58H80F3N11O6. The number of carbonyl (C=O) groups excluding carboxylic acids is 4. The minimum atomic E-state index is -4.58. The van der Waals surface area contributed by atoms with Crippen LogP contribution in [0.25, 0.3) is 27.7 Å². The first-order valence-electron chi connectivity index (χ1n) is 28.7. The van der Waals surface area contributed by atoms with Gasteiger partial charge < -0.3 is 34.5 Å². The van der Waals surface area contributed by atoms with Crippen molar-refractivity contribution < 1.29 is 41.8 Å². The van der Waals surface area contributed by atoms with Gasteiger partial charge in [-0.3, -0.25) is 43.9 Å². The van der Waals surface area contributed by atoms with Gasteiger partial charge in [0.2, 0.25) is 11.8 Å². The smallest absolute Gasteiger partial charge is 0.406 e. The Morgan fingerprint density at radius 1 is 0.974 bits per heavy atom. The Labute approximate surface area is 456 Å². The van der Waals surface area contributed by atoms with Gasteiger partial charge in [-0.15, -0.1) is 0 Å². The van der Waals surface area contributed by atoms with Gasteiger partial charge in [-0.1, -0.05) is 39.8 Å². The number of cyclic esters (lactones) is 1. The number of alkyl halides is 3. The third kappa shape index (κ3) is 11.6. The number of hydrogen-bond acceptors (Lipinski definition) is 13. The summed E-state index contributed by atoms with van der Waals surface area (Å²) in [7, 11) is 1.58. The summed E-state index contributed by atoms with van der Waals surface area (Å²) < 4.78 is 59.1. The van der Waals surface area contributed by atoms with E-state index in [2.05, 4.69) is 41.7 Å². The first-order chi connectivity index (χ1) is 37.3. The Hall–Kier alpha value is -5.12. The number of fused-ring (bicyclic) bond motifs is 6. The molecule has 7 aliphatic heterocycles. The number of likely N-dealkylation sites (tertiary alicyclic amines) is 2. The average molecular weight is 1080 g/mol. The second kappa shape index (κ2) is 21.7. The van der Waals surface area contributed by atoms with Crippen molar-refractivity contribution in [3.8, 4) is 11.3 Å². The standard InChI is InChI=1S/C58H80F3N11O6/c1-36(2)50(69-19-15-57(32-69)16-20-70(33-57)53(74)46-29-62-46)52(73)64-47-31-66-17-7-9-39(30-66)38-11-14-48-42(25-38)44(27-56(4,5)35-78-55(76)45-10-8-18-72(65-45)54(47)75)51(71(48)34-58(59,60)61)43-26-41(28-63-49(43)37(3)77-6)68-23-21-67(22-24-68)40-12-13-40/h9,11,14,25-26,28,36-37,40,45-47,50,62,65H,7-8,10,12-13,15-24,27,29-35H2,1-6H3,(H,64,73)/t37-,45-,46+,47-,50?,57-/m0/s1. The number of methoxy groups -OCH3 is 1. The molecule has 17 nitrogen and oxygen atoms in total. The number of esters is 1. The van der Waals surface area contributed by atoms with Gasteiger partial charge in [-0.2, -0.15) is 13.2 Å². The molecule has 6 fully saturated rings. The highest BCUT2D eigenvalue weighted by Crippen LogP contribution is 2.45. The average Bonchev–Trinajstić information content (AvgIpc) is 4.55. The fourth-order valence-electron chi connectivity index (χ4n) is 13.6. The van der Waals surface area contributed by atoms with E-state index in [0.29, 0.717) is 105 Å². The van der Waals surface area contributed by atoms with Gasteiger partial charge in [0, 0.05) is 119 Å². The van der Waals surface area contributed by atoms with Crippen LogP contribution in [0.1, 0.15) is 102 Å². The second-order valence-electron chi connectivity index (χ2n) is 25.0. The quantitative estimate of drug-likeness (QED) is 0.166. The number of nitrogens with one attached hydrogen (secondary N) is 3. The molecule has 3 aromatic rings. The van der Waals surface area contributed by atoms with Crippen LogP contribution in [0.3, 0.4) is 0 Å². The van der Waals surface area contributed by atoms with Crippen molar-refractivity contribution in [2.24, 2.45) is 16.7 Å². The number of pyridine rings is 1. The van der Waals surface area contributed by atoms with Crippen molar-refractivity contribution in [1.82, 2.24) is 50.2 Å². The van der Waals surface area contributed by atoms with Crippen molar-refractivity contribution in [2.75, 3.05) is 104 Å². The molecule has 6 bridgehead atoms. The number of hydrazine groups is 1. The fraction of sp³-hybridized carbons (Fsp3) is 0.672. The van der Waals surface area contributed by atoms with Crippen molar-refractivity contribution in [1.29, 1.82) is 0 Å². The van der Waals surface area contributed by atoms with Gasteiger partial charge in [0.1, 0.15) is 18.6 Å². The number of piperazine rings is 1. The van der Waals surface area contributed by atoms with E-state index >= 15 is 13.2 Å². The summed E-state index contributed by atoms with van der Waals surface area (Å²) in [4.78, 5) is 73.3. The van der Waals surface area contributed by atoms with Gasteiger partial charge in [0.15, 0.2) is 0 Å². The number of amides is 3. The number of aromatic nitrogens is 2. The van der Waals surface area contributed by atoms with Gasteiger partial charge in [-0.25, -0.2) is 5.43 Å². The maximum absolute atomic E-state index is 15.2. The van der Waals surface area contributed by atoms with Crippen LogP contribution in [0.15, 0.2) is 36.5 Å². The number of carbonyl (C=O) groups is 4. The summed E-state index contributed by atoms with van der Waals surface area (Å²) in [5.74, 6) is -1.05. The predicted octanol–water partition coefficient (Wildman–Crippen LogP) is 5.37. The van der Waals surface area contributed by atoms with Crippen molar-refractivity contribution in [3.63, 3.8) is 0 Å². The lowest BCUT2D eigenvalue weighted by Gasteiger charge is -2.38. The van der Waals surface area contributed by atoms with E-state index < -0.39 is 48.3 Å². The monoisotopic (exact) mass is 1080 g/mol. The van der Waals surface area contributed by atoms with Gasteiger partial charge in [0.05, 0.1) is 48.1 Å². The molecule has 1 aromatic carbocycles. The Balaban J connectivity index is 0.945. The molecule has 0 radical (unpaired) electrons. The summed E-state index contributed by atoms with van der Waals surface area (Å²) >= 11 is 0. The van der Waals surface area contributed by atoms with Crippen molar-refractivity contribution in [3.05, 3.63) is 53.4 Å². The van der Waals surface area contributed by atoms with Gasteiger partial charge in [0.25, 0.3) is 5.91 Å². The van der Waals surface area contributed by atoms with Crippen LogP contribution in [0.5, 0.6) is 0 Å². The fourth-order valence-corrected chi connectivity index (χ4v) is 13.6. The molecule has 1 saturated carbocycles. The summed E-state index contributed by atoms with van der Waals surface area (Å²) in [6.07, 6.45) is 4.90. The maximum Gasteiger partial charge on any atom is 0.406 e. The molecule has 1 aliphatic carbocycles. The third-order valence-corrected chi connectivity index (χ3v) is 18.0. The minimum absolute atomic E-state index is 0.0484. The first kappa shape index (κ1) is 54.8. The first-order valence-corrected chi connectivity index (χ1v) is 28.7. The lowest BCUT2D eigenvalue weighted by molar-refractivity contribution is -0.155. The van der Waals surface area contributed by atoms with E-state index in [4.69, 9.17) is 14.5 Å². The number of nitrogens with zero attached hydrogens (tertiary/aromatic N) is 8. The van der Waals surface area contributed by atoms with Crippen LogP contribution in [-0.2, 0) is 41.6 Å². The molecule has 7 atom stereocenters. The molecule has 5 saturated heterocycles. The van der Waals surface area contributed by atoms with Gasteiger partial charge in [-0.05, 0) is 106 Å². The number of hydrogen-bond donors (Lipinski definition) is 3. The molecule has 424 valence electrons. The van der Waals surface area contributed by atoms with Crippen LogP contribution in [-0.4, -0.2) is 193 Å². The Morgan fingerprint density at radius 3 is 2.46 bits per heavy atom. The SMILES string of the molecule is CO[C@@H](C)c1ncc(N2CCN(C3CC3)CC2)cc1-c1c2c3cc(ccc3n1CC(F)(F)F)C1=CCCN(C1)C[C@H](NC(=O)C(C(C)C)N1CC[C@]3(CCN(C(=O)[C@H]4CN4)C3)C1)C(=O)N1CCC[C@H](N1)C(=O)OCC(C)(C)C2. The highest BCUT2D eigenvalue weighted by atomic mass is 19.4. The zero-order valence-electron chi connectivity index (χ0n) is 46.4. The Bertz CT molecular complexity index is 2800. The van der Waals surface area contributed by atoms with Gasteiger partial charge >= 0.3 is 12.1 Å². The highest BCUT2D eigenvalue weighted by molar-refractivity contribution is 5.95. The highest BCUT2D eigenvalue weighted by Gasteiger charge is 2.50. The predicted molar refractivity (Wildman–Crippen MR) is 291 cm³/mol. The Kier molecular flexibility index (Phi) is 15.3. The zero-order chi connectivity index (χ0) is 54.8. The Morgan fingerprint density at radius 2 is 1.74 bits per heavy atom. The molecule has 9 heterocycles. The lowest BCUT2D eigenvalue weighted by atomic mass is 9.84. The molecular weight excluding hydrogens is 1000 g/mol. The molecule has 8 aliphatic rings. The molecule has 3 N–H and O–H groups in total. The van der Waals surface area contributed by atoms with E-state index in [1.54, 1.807) is 13.2 Å². The van der Waals surface area contributed by atoms with E-state index in [9.17, 15) is 19.2 Å². The molecule has 11 rings (SSSR count). The van der Waals surface area contributed by atoms with E-state index in [0.717, 1.165) is 62.4 Å². The van der Waals surface area contributed by atoms with Crippen LogP contribution in [0.2, 0.25) is 0 Å². The summed E-state index contributed by atoms with van der Waals surface area (Å²) in [6.45, 7) is 17.0. The minimum Gasteiger partial charge on any atom is -0.464 e. The molecule has 3 amide bonds. The van der Waals surface area contributed by atoms with E-state index in [1.165, 1.54) is 22.4 Å². The molecule has 20 heteroatoms. The summed E-state index contributed by atoms with van der Waals surface area (Å²) in [5.41, 5.74) is 7.60. The van der Waals surface area contributed by atoms with Crippen molar-refractivity contribution in [2.45, 2.75) is 135 Å².